The summed E-state index contributed by atoms with van der Waals surface area (Å²) in [6.07, 6.45) is 4.94. The summed E-state index contributed by atoms with van der Waals surface area (Å²) in [5.41, 5.74) is 7.10. The van der Waals surface area contributed by atoms with Crippen molar-refractivity contribution in [1.29, 1.82) is 0 Å². The molecule has 0 heterocycles. The van der Waals surface area contributed by atoms with Gasteiger partial charge in [-0.05, 0) is 30.2 Å². The molecular weight excluding hydrogens is 250 g/mol. The van der Waals surface area contributed by atoms with Gasteiger partial charge in [0.25, 0.3) is 0 Å². The van der Waals surface area contributed by atoms with Gasteiger partial charge in [0.05, 0.1) is 5.75 Å². The molecule has 1 aromatic rings. The molecule has 0 atom stereocenters. The number of sulfone groups is 1. The highest BCUT2D eigenvalue weighted by Gasteiger charge is 2.03. The van der Waals surface area contributed by atoms with Crippen LogP contribution in [-0.4, -0.2) is 26.2 Å². The molecule has 0 aromatic heterocycles. The Labute approximate surface area is 107 Å². The fourth-order valence-electron chi connectivity index (χ4n) is 1.39. The predicted molar refractivity (Wildman–Crippen MR) is 73.8 cm³/mol. The number of ketones is 1. The van der Waals surface area contributed by atoms with Crippen molar-refractivity contribution in [3.05, 3.63) is 35.9 Å². The van der Waals surface area contributed by atoms with Crippen LogP contribution in [0.25, 0.3) is 6.08 Å². The number of hydrogen-bond acceptors (Lipinski definition) is 4. The number of carbonyl (C=O) groups excluding carboxylic acids is 1. The Morgan fingerprint density at radius 2 is 1.89 bits per heavy atom. The van der Waals surface area contributed by atoms with Crippen molar-refractivity contribution < 1.29 is 13.2 Å². The quantitative estimate of drug-likeness (QED) is 0.628. The highest BCUT2D eigenvalue weighted by Crippen LogP contribution is 2.07. The van der Waals surface area contributed by atoms with Gasteiger partial charge in [0.2, 0.25) is 0 Å². The van der Waals surface area contributed by atoms with Gasteiger partial charge in [-0.1, -0.05) is 18.2 Å². The van der Waals surface area contributed by atoms with E-state index in [9.17, 15) is 13.2 Å². The summed E-state index contributed by atoms with van der Waals surface area (Å²) in [6.45, 7) is 0. The molecule has 1 rings (SSSR count). The molecule has 0 radical (unpaired) electrons. The van der Waals surface area contributed by atoms with Crippen molar-refractivity contribution in [1.82, 2.24) is 0 Å². The largest absolute Gasteiger partial charge is 0.399 e. The van der Waals surface area contributed by atoms with Gasteiger partial charge in [0.15, 0.2) is 5.78 Å². The molecule has 0 aliphatic heterocycles. The molecule has 18 heavy (non-hydrogen) atoms. The van der Waals surface area contributed by atoms with Crippen LogP contribution in [0, 0.1) is 0 Å². The third-order valence-electron chi connectivity index (χ3n) is 2.34. The molecule has 98 valence electrons. The number of benzene rings is 1. The Morgan fingerprint density at radius 3 is 2.44 bits per heavy atom. The van der Waals surface area contributed by atoms with E-state index in [2.05, 4.69) is 0 Å². The number of nitrogen functional groups attached to an aromatic ring is 1. The van der Waals surface area contributed by atoms with Gasteiger partial charge in [0, 0.05) is 18.4 Å². The Bertz CT molecular complexity index is 530. The summed E-state index contributed by atoms with van der Waals surface area (Å²) in [5, 5.41) is 0. The van der Waals surface area contributed by atoms with E-state index in [1.807, 2.05) is 12.1 Å². The normalized spacial score (nSPS) is 11.8. The molecular formula is C13H17NO3S. The van der Waals surface area contributed by atoms with Crippen LogP contribution in [-0.2, 0) is 14.6 Å². The molecule has 0 saturated heterocycles. The summed E-state index contributed by atoms with van der Waals surface area (Å²) in [7, 11) is -2.98. The highest BCUT2D eigenvalue weighted by atomic mass is 32.2. The van der Waals surface area contributed by atoms with E-state index in [4.69, 9.17) is 5.73 Å². The standard InChI is InChI=1S/C13H17NO3S/c1-18(16,17)10-2-3-13(15)9-6-11-4-7-12(14)8-5-11/h4-9H,2-3,10,14H2,1H3/b9-6+. The number of rotatable bonds is 6. The van der Waals surface area contributed by atoms with Gasteiger partial charge >= 0.3 is 0 Å². The lowest BCUT2D eigenvalue weighted by Crippen LogP contribution is -2.04. The third-order valence-corrected chi connectivity index (χ3v) is 3.37. The SMILES string of the molecule is CS(=O)(=O)CCCC(=O)/C=C/c1ccc(N)cc1. The Kier molecular flexibility index (Phi) is 5.09. The first-order valence-electron chi connectivity index (χ1n) is 5.61. The summed E-state index contributed by atoms with van der Waals surface area (Å²) in [6, 6.07) is 7.15. The second-order valence-corrected chi connectivity index (χ2v) is 6.46. The molecule has 2 N–H and O–H groups in total. The van der Waals surface area contributed by atoms with Crippen molar-refractivity contribution in [2.24, 2.45) is 0 Å². The maximum Gasteiger partial charge on any atom is 0.155 e. The fraction of sp³-hybridized carbons (Fsp3) is 0.308. The number of allylic oxidation sites excluding steroid dienone is 1. The number of nitrogens with two attached hydrogens (primary N) is 1. The molecule has 0 saturated carbocycles. The summed E-state index contributed by atoms with van der Waals surface area (Å²) >= 11 is 0. The van der Waals surface area contributed by atoms with Gasteiger partial charge in [-0.25, -0.2) is 8.42 Å². The first kappa shape index (κ1) is 14.4. The smallest absolute Gasteiger partial charge is 0.155 e. The van der Waals surface area contributed by atoms with E-state index < -0.39 is 9.84 Å². The van der Waals surface area contributed by atoms with E-state index in [0.717, 1.165) is 5.56 Å². The van der Waals surface area contributed by atoms with Crippen LogP contribution < -0.4 is 5.73 Å². The molecule has 0 fully saturated rings. The van der Waals surface area contributed by atoms with E-state index >= 15 is 0 Å². The van der Waals surface area contributed by atoms with E-state index in [-0.39, 0.29) is 18.0 Å². The van der Waals surface area contributed by atoms with Crippen LogP contribution in [0.4, 0.5) is 5.69 Å². The van der Waals surface area contributed by atoms with Crippen molar-refractivity contribution >= 4 is 27.4 Å². The molecule has 0 aliphatic rings. The van der Waals surface area contributed by atoms with E-state index in [0.29, 0.717) is 12.1 Å². The first-order valence-corrected chi connectivity index (χ1v) is 7.67. The minimum absolute atomic E-state index is 0.0501. The van der Waals surface area contributed by atoms with Crippen molar-refractivity contribution in [2.45, 2.75) is 12.8 Å². The highest BCUT2D eigenvalue weighted by molar-refractivity contribution is 7.90. The second kappa shape index (κ2) is 6.35. The summed E-state index contributed by atoms with van der Waals surface area (Å²) in [5.74, 6) is -0.0236. The van der Waals surface area contributed by atoms with E-state index in [1.54, 1.807) is 18.2 Å². The Hall–Kier alpha value is -1.62. The van der Waals surface area contributed by atoms with Crippen molar-refractivity contribution in [2.75, 3.05) is 17.7 Å². The summed E-state index contributed by atoms with van der Waals surface area (Å²) in [4.78, 5) is 11.5. The van der Waals surface area contributed by atoms with Crippen LogP contribution in [0.2, 0.25) is 0 Å². The van der Waals surface area contributed by atoms with Crippen LogP contribution in [0.3, 0.4) is 0 Å². The molecule has 0 spiro atoms. The molecule has 0 amide bonds. The predicted octanol–water partition coefficient (Wildman–Crippen LogP) is 1.68. The van der Waals surface area contributed by atoms with Crippen LogP contribution in [0.15, 0.2) is 30.3 Å². The third kappa shape index (κ3) is 6.20. The molecule has 0 unspecified atom stereocenters. The van der Waals surface area contributed by atoms with Gasteiger partial charge < -0.3 is 5.73 Å². The number of carbonyl (C=O) groups is 1. The van der Waals surface area contributed by atoms with Gasteiger partial charge in [-0.15, -0.1) is 0 Å². The van der Waals surface area contributed by atoms with Crippen molar-refractivity contribution in [3.63, 3.8) is 0 Å². The molecule has 0 bridgehead atoms. The van der Waals surface area contributed by atoms with Gasteiger partial charge in [-0.2, -0.15) is 0 Å². The molecule has 5 heteroatoms. The summed E-state index contributed by atoms with van der Waals surface area (Å²) < 4.78 is 21.8. The van der Waals surface area contributed by atoms with Crippen LogP contribution in [0.1, 0.15) is 18.4 Å². The van der Waals surface area contributed by atoms with Crippen molar-refractivity contribution in [3.8, 4) is 0 Å². The lowest BCUT2D eigenvalue weighted by Gasteiger charge is -1.97. The Balaban J connectivity index is 2.42. The minimum atomic E-state index is -2.98. The first-order chi connectivity index (χ1) is 8.37. The average molecular weight is 267 g/mol. The van der Waals surface area contributed by atoms with Gasteiger partial charge in [-0.3, -0.25) is 4.79 Å². The zero-order chi connectivity index (χ0) is 13.6. The maximum absolute atomic E-state index is 11.5. The van der Waals surface area contributed by atoms with Crippen LogP contribution in [0.5, 0.6) is 0 Å². The molecule has 4 nitrogen and oxygen atoms in total. The van der Waals surface area contributed by atoms with E-state index in [1.165, 1.54) is 12.3 Å². The number of hydrogen-bond donors (Lipinski definition) is 1. The minimum Gasteiger partial charge on any atom is -0.399 e. The second-order valence-electron chi connectivity index (χ2n) is 4.20. The lowest BCUT2D eigenvalue weighted by molar-refractivity contribution is -0.114. The maximum atomic E-state index is 11.5. The average Bonchev–Trinajstić information content (AvgIpc) is 2.26. The fourth-order valence-corrected chi connectivity index (χ4v) is 2.06. The topological polar surface area (TPSA) is 77.2 Å². The number of anilines is 1. The zero-order valence-corrected chi connectivity index (χ0v) is 11.1. The molecule has 0 aliphatic carbocycles. The van der Waals surface area contributed by atoms with Crippen LogP contribution >= 0.6 is 0 Å². The lowest BCUT2D eigenvalue weighted by atomic mass is 10.1. The van der Waals surface area contributed by atoms with Gasteiger partial charge in [0.1, 0.15) is 9.84 Å². The monoisotopic (exact) mass is 267 g/mol. The zero-order valence-electron chi connectivity index (χ0n) is 10.3. The Morgan fingerprint density at radius 1 is 1.28 bits per heavy atom. The molecule has 1 aromatic carbocycles.